The van der Waals surface area contributed by atoms with E-state index in [9.17, 15) is 5.11 Å². The number of fused-ring (bicyclic) bond motifs is 4. The minimum Gasteiger partial charge on any atom is -0.393 e. The Balaban J connectivity index is 1.63. The van der Waals surface area contributed by atoms with Gasteiger partial charge >= 0.3 is 0 Å². The van der Waals surface area contributed by atoms with Crippen LogP contribution < -0.4 is 0 Å². The van der Waals surface area contributed by atoms with E-state index in [1.807, 2.05) is 11.1 Å². The quantitative estimate of drug-likeness (QED) is 0.435. The van der Waals surface area contributed by atoms with E-state index in [2.05, 4.69) is 55.4 Å². The van der Waals surface area contributed by atoms with Gasteiger partial charge in [0, 0.05) is 0 Å². The van der Waals surface area contributed by atoms with Gasteiger partial charge in [0.2, 0.25) is 0 Å². The second kappa shape index (κ2) is 7.89. The Labute approximate surface area is 193 Å². The zero-order valence-corrected chi connectivity index (χ0v) is 22.1. The first kappa shape index (κ1) is 23.8. The molecule has 0 heterocycles. The molecule has 0 unspecified atom stereocenters. The van der Waals surface area contributed by atoms with Gasteiger partial charge in [-0.25, -0.2) is 0 Å². The van der Waals surface area contributed by atoms with Gasteiger partial charge in [-0.05, 0) is 96.7 Å². The molecule has 1 nitrogen and oxygen atoms in total. The molecule has 7 atom stereocenters. The predicted octanol–water partition coefficient (Wildman–Crippen LogP) is 8.56. The summed E-state index contributed by atoms with van der Waals surface area (Å²) < 4.78 is 0. The van der Waals surface area contributed by atoms with Gasteiger partial charge in [-0.2, -0.15) is 0 Å². The van der Waals surface area contributed by atoms with Gasteiger partial charge < -0.3 is 5.11 Å². The van der Waals surface area contributed by atoms with Crippen molar-refractivity contribution in [2.24, 2.45) is 45.3 Å². The molecule has 4 aliphatic rings. The van der Waals surface area contributed by atoms with Gasteiger partial charge in [-0.15, -0.1) is 0 Å². The van der Waals surface area contributed by atoms with E-state index in [0.29, 0.717) is 22.2 Å². The van der Waals surface area contributed by atoms with Gasteiger partial charge in [0.1, 0.15) is 0 Å². The highest BCUT2D eigenvalue weighted by molar-refractivity contribution is 5.38. The van der Waals surface area contributed by atoms with Crippen LogP contribution in [0.25, 0.3) is 0 Å². The van der Waals surface area contributed by atoms with Crippen molar-refractivity contribution in [1.29, 1.82) is 0 Å². The minimum absolute atomic E-state index is 0.0519. The van der Waals surface area contributed by atoms with Crippen molar-refractivity contribution in [1.82, 2.24) is 0 Å². The van der Waals surface area contributed by atoms with Crippen LogP contribution in [0.2, 0.25) is 0 Å². The maximum atomic E-state index is 10.8. The summed E-state index contributed by atoms with van der Waals surface area (Å²) in [4.78, 5) is 0. The fourth-order valence-electron chi connectivity index (χ4n) is 9.68. The van der Waals surface area contributed by atoms with Crippen LogP contribution in [0, 0.1) is 45.3 Å². The van der Waals surface area contributed by atoms with E-state index >= 15 is 0 Å². The highest BCUT2D eigenvalue weighted by Gasteiger charge is 2.63. The molecule has 0 aliphatic heterocycles. The highest BCUT2D eigenvalue weighted by atomic mass is 16.3. The average Bonchev–Trinajstić information content (AvgIpc) is 2.96. The topological polar surface area (TPSA) is 20.2 Å². The first-order valence-electron chi connectivity index (χ1n) is 13.8. The van der Waals surface area contributed by atoms with Crippen LogP contribution in [0.5, 0.6) is 0 Å². The first-order valence-corrected chi connectivity index (χ1v) is 13.8. The molecule has 2 saturated carbocycles. The zero-order chi connectivity index (χ0) is 22.8. The monoisotopic (exact) mass is 428 g/mol. The van der Waals surface area contributed by atoms with Gasteiger partial charge in [0.25, 0.3) is 0 Å². The molecule has 0 spiro atoms. The number of aliphatic hydroxyl groups is 1. The molecule has 1 heteroatoms. The summed E-state index contributed by atoms with van der Waals surface area (Å²) in [6, 6.07) is 0. The molecule has 0 radical (unpaired) electrons. The van der Waals surface area contributed by atoms with E-state index in [1.54, 1.807) is 0 Å². The standard InChI is InChI=1S/C30H52O/c1-20(2)10-9-11-21(3)22-14-18-30(8)24-12-13-25-27(4,5)26(31)16-17-28(25,6)23(24)15-19-29(22,30)7/h20-22,25-26,31H,9-19H2,1-8H3/t21-,22+,25-,26-,28+,29+,30-/m0/s1. The SMILES string of the molecule is CC(C)CCC[C@H](C)[C@H]1CC[C@@]2(C)C3=C(CC[C@]12C)[C@@]1(C)CC[C@H](O)C(C)(C)[C@@H]1CC3. The predicted molar refractivity (Wildman–Crippen MR) is 133 cm³/mol. The van der Waals surface area contributed by atoms with Crippen LogP contribution in [-0.2, 0) is 0 Å². The second-order valence-corrected chi connectivity index (χ2v) is 14.0. The normalized spacial score (nSPS) is 45.3. The van der Waals surface area contributed by atoms with Crippen LogP contribution >= 0.6 is 0 Å². The maximum absolute atomic E-state index is 10.8. The fourth-order valence-corrected chi connectivity index (χ4v) is 9.68. The molecule has 0 bridgehead atoms. The third-order valence-electron chi connectivity index (χ3n) is 11.9. The van der Waals surface area contributed by atoms with E-state index in [1.165, 1.54) is 64.2 Å². The smallest absolute Gasteiger partial charge is 0.0594 e. The molecular formula is C30H52O. The third-order valence-corrected chi connectivity index (χ3v) is 11.9. The Morgan fingerprint density at radius 1 is 0.839 bits per heavy atom. The van der Waals surface area contributed by atoms with Gasteiger partial charge in [0.05, 0.1) is 6.10 Å². The molecule has 4 rings (SSSR count). The van der Waals surface area contributed by atoms with Crippen molar-refractivity contribution >= 4 is 0 Å². The lowest BCUT2D eigenvalue weighted by Gasteiger charge is -2.62. The van der Waals surface area contributed by atoms with Crippen LogP contribution in [0.3, 0.4) is 0 Å². The van der Waals surface area contributed by atoms with Crippen molar-refractivity contribution in [3.63, 3.8) is 0 Å². The highest BCUT2D eigenvalue weighted by Crippen LogP contribution is 2.72. The van der Waals surface area contributed by atoms with Crippen LogP contribution in [-0.4, -0.2) is 11.2 Å². The second-order valence-electron chi connectivity index (χ2n) is 14.0. The van der Waals surface area contributed by atoms with Gasteiger partial charge in [-0.3, -0.25) is 0 Å². The summed E-state index contributed by atoms with van der Waals surface area (Å²) in [6.07, 6.45) is 14.4. The summed E-state index contributed by atoms with van der Waals surface area (Å²) in [5.74, 6) is 3.24. The zero-order valence-electron chi connectivity index (χ0n) is 22.1. The Bertz CT molecular complexity index is 716. The summed E-state index contributed by atoms with van der Waals surface area (Å²) in [5, 5.41) is 10.8. The number of hydrogen-bond acceptors (Lipinski definition) is 1. The van der Waals surface area contributed by atoms with Crippen LogP contribution in [0.4, 0.5) is 0 Å². The van der Waals surface area contributed by atoms with Crippen molar-refractivity contribution in [2.45, 2.75) is 132 Å². The summed E-state index contributed by atoms with van der Waals surface area (Å²) >= 11 is 0. The molecule has 31 heavy (non-hydrogen) atoms. The summed E-state index contributed by atoms with van der Waals surface area (Å²) in [6.45, 7) is 20.0. The molecule has 1 N–H and O–H groups in total. The maximum Gasteiger partial charge on any atom is 0.0594 e. The molecule has 0 aromatic heterocycles. The Morgan fingerprint density at radius 3 is 2.23 bits per heavy atom. The van der Waals surface area contributed by atoms with E-state index in [4.69, 9.17) is 0 Å². The van der Waals surface area contributed by atoms with Crippen molar-refractivity contribution < 1.29 is 5.11 Å². The lowest BCUT2D eigenvalue weighted by Crippen LogP contribution is -2.55. The summed E-state index contributed by atoms with van der Waals surface area (Å²) in [5.41, 5.74) is 5.01. The summed E-state index contributed by atoms with van der Waals surface area (Å²) in [7, 11) is 0. The van der Waals surface area contributed by atoms with E-state index < -0.39 is 0 Å². The molecule has 0 aromatic rings. The molecule has 0 saturated heterocycles. The largest absolute Gasteiger partial charge is 0.393 e. The number of aliphatic hydroxyl groups excluding tert-OH is 1. The number of rotatable bonds is 5. The van der Waals surface area contributed by atoms with Crippen molar-refractivity contribution in [3.8, 4) is 0 Å². The van der Waals surface area contributed by atoms with Crippen LogP contribution in [0.1, 0.15) is 126 Å². The van der Waals surface area contributed by atoms with Gasteiger partial charge in [0.15, 0.2) is 0 Å². The molecule has 0 aromatic carbocycles. The molecular weight excluding hydrogens is 376 g/mol. The number of hydrogen-bond donors (Lipinski definition) is 1. The molecule has 2 fully saturated rings. The molecule has 178 valence electrons. The van der Waals surface area contributed by atoms with Crippen LogP contribution in [0.15, 0.2) is 11.1 Å². The van der Waals surface area contributed by atoms with E-state index in [0.717, 1.165) is 24.2 Å². The lowest BCUT2D eigenvalue weighted by molar-refractivity contribution is -0.0962. The van der Waals surface area contributed by atoms with Gasteiger partial charge in [-0.1, -0.05) is 85.8 Å². The lowest BCUT2D eigenvalue weighted by atomic mass is 9.43. The third kappa shape index (κ3) is 3.41. The molecule has 4 aliphatic carbocycles. The first-order chi connectivity index (χ1) is 14.4. The average molecular weight is 429 g/mol. The van der Waals surface area contributed by atoms with E-state index in [-0.39, 0.29) is 11.5 Å². The van der Waals surface area contributed by atoms with Crippen molar-refractivity contribution in [2.75, 3.05) is 0 Å². The minimum atomic E-state index is -0.125. The Morgan fingerprint density at radius 2 is 1.55 bits per heavy atom. The molecule has 0 amide bonds. The Kier molecular flexibility index (Phi) is 6.07. The number of allylic oxidation sites excluding steroid dienone is 2. The van der Waals surface area contributed by atoms with Crippen molar-refractivity contribution in [3.05, 3.63) is 11.1 Å². The fraction of sp³-hybridized carbons (Fsp3) is 0.933. The Hall–Kier alpha value is -0.300.